The molecule has 1 aliphatic rings. The number of nitrogens with two attached hydrogens (primary N) is 1. The minimum atomic E-state index is 0.255. The summed E-state index contributed by atoms with van der Waals surface area (Å²) < 4.78 is 0. The molecule has 0 radical (unpaired) electrons. The van der Waals surface area contributed by atoms with Gasteiger partial charge in [-0.15, -0.1) is 0 Å². The maximum atomic E-state index is 7.34. The minimum absolute atomic E-state index is 0.255. The van der Waals surface area contributed by atoms with Crippen molar-refractivity contribution in [2.75, 3.05) is 5.75 Å². The molecule has 1 heterocycles. The fourth-order valence-corrected chi connectivity index (χ4v) is 2.71. The van der Waals surface area contributed by atoms with Crippen LogP contribution in [0, 0.1) is 17.7 Å². The quantitative estimate of drug-likeness (QED) is 0.355. The Balaban J connectivity index is 1.87. The van der Waals surface area contributed by atoms with Crippen LogP contribution in [0.2, 0.25) is 0 Å². The lowest BCUT2D eigenvalue weighted by Crippen LogP contribution is -2.18. The number of amidine groups is 1. The van der Waals surface area contributed by atoms with Crippen LogP contribution in [-0.4, -0.2) is 21.6 Å². The Labute approximate surface area is 99.6 Å². The van der Waals surface area contributed by atoms with E-state index in [1.807, 2.05) is 19.3 Å². The zero-order chi connectivity index (χ0) is 11.6. The van der Waals surface area contributed by atoms with Gasteiger partial charge in [-0.1, -0.05) is 11.8 Å². The normalized spacial score (nSPS) is 17.1. The summed E-state index contributed by atoms with van der Waals surface area (Å²) in [6.45, 7) is 1.98. The third kappa shape index (κ3) is 2.95. The molecule has 1 aromatic heterocycles. The third-order valence-electron chi connectivity index (χ3n) is 2.79. The second-order valence-electron chi connectivity index (χ2n) is 4.53. The number of hydrogen-bond acceptors (Lipinski definition) is 4. The topological polar surface area (TPSA) is 75.7 Å². The molecule has 0 bridgehead atoms. The highest BCUT2D eigenvalue weighted by atomic mass is 32.2. The Kier molecular flexibility index (Phi) is 3.14. The zero-order valence-corrected chi connectivity index (χ0v) is 10.2. The van der Waals surface area contributed by atoms with Crippen molar-refractivity contribution < 1.29 is 0 Å². The van der Waals surface area contributed by atoms with Crippen LogP contribution >= 0.6 is 11.8 Å². The summed E-state index contributed by atoms with van der Waals surface area (Å²) in [7, 11) is 0. The Morgan fingerprint density at radius 3 is 2.62 bits per heavy atom. The van der Waals surface area contributed by atoms with Gasteiger partial charge < -0.3 is 5.73 Å². The first-order valence-corrected chi connectivity index (χ1v) is 6.33. The largest absolute Gasteiger partial charge is 0.388 e. The molecule has 0 aliphatic heterocycles. The molecule has 3 N–H and O–H groups in total. The molecular formula is C11H16N4S. The van der Waals surface area contributed by atoms with Gasteiger partial charge >= 0.3 is 0 Å². The zero-order valence-electron chi connectivity index (χ0n) is 9.36. The lowest BCUT2D eigenvalue weighted by Gasteiger charge is -2.12. The summed E-state index contributed by atoms with van der Waals surface area (Å²) in [6.07, 6.45) is 6.72. The van der Waals surface area contributed by atoms with Gasteiger partial charge in [0.05, 0.1) is 5.84 Å². The van der Waals surface area contributed by atoms with Crippen LogP contribution in [0.4, 0.5) is 0 Å². The van der Waals surface area contributed by atoms with Crippen molar-refractivity contribution >= 4 is 17.6 Å². The molecule has 0 unspecified atom stereocenters. The van der Waals surface area contributed by atoms with E-state index in [1.54, 1.807) is 11.8 Å². The van der Waals surface area contributed by atoms with E-state index in [0.29, 0.717) is 12.3 Å². The van der Waals surface area contributed by atoms with Gasteiger partial charge in [0.1, 0.15) is 0 Å². The summed E-state index contributed by atoms with van der Waals surface area (Å²) in [6, 6.07) is 0. The van der Waals surface area contributed by atoms with Crippen molar-refractivity contribution in [2.45, 2.75) is 31.3 Å². The van der Waals surface area contributed by atoms with E-state index in [1.165, 1.54) is 12.8 Å². The second kappa shape index (κ2) is 4.41. The molecule has 1 saturated carbocycles. The Bertz CT molecular complexity index is 383. The molecule has 86 valence electrons. The smallest absolute Gasteiger partial charge is 0.187 e. The van der Waals surface area contributed by atoms with E-state index in [9.17, 15) is 0 Å². The Morgan fingerprint density at radius 1 is 1.50 bits per heavy atom. The summed E-state index contributed by atoms with van der Waals surface area (Å²) in [4.78, 5) is 8.51. The lowest BCUT2D eigenvalue weighted by atomic mass is 10.1. The van der Waals surface area contributed by atoms with Gasteiger partial charge in [-0.3, -0.25) is 5.41 Å². The van der Waals surface area contributed by atoms with E-state index in [4.69, 9.17) is 11.1 Å². The van der Waals surface area contributed by atoms with Gasteiger partial charge in [-0.2, -0.15) is 0 Å². The predicted octanol–water partition coefficient (Wildman–Crippen LogP) is 1.98. The molecule has 0 amide bonds. The molecule has 1 aromatic rings. The van der Waals surface area contributed by atoms with E-state index in [2.05, 4.69) is 9.97 Å². The van der Waals surface area contributed by atoms with Crippen molar-refractivity contribution in [3.63, 3.8) is 0 Å². The maximum absolute atomic E-state index is 7.34. The fraction of sp³-hybridized carbons (Fsp3) is 0.545. The molecule has 0 atom stereocenters. The van der Waals surface area contributed by atoms with Gasteiger partial charge in [-0.05, 0) is 30.7 Å². The number of rotatable bonds is 5. The van der Waals surface area contributed by atoms with Gasteiger partial charge in [-0.25, -0.2) is 9.97 Å². The van der Waals surface area contributed by atoms with Crippen molar-refractivity contribution in [2.24, 2.45) is 11.1 Å². The van der Waals surface area contributed by atoms with Crippen molar-refractivity contribution in [1.29, 1.82) is 5.41 Å². The van der Waals surface area contributed by atoms with Crippen LogP contribution in [0.3, 0.4) is 0 Å². The van der Waals surface area contributed by atoms with Crippen LogP contribution in [0.1, 0.15) is 24.8 Å². The first-order valence-electron chi connectivity index (χ1n) is 5.34. The maximum Gasteiger partial charge on any atom is 0.187 e. The van der Waals surface area contributed by atoms with Gasteiger partial charge in [0.2, 0.25) is 0 Å². The first kappa shape index (κ1) is 11.4. The van der Waals surface area contributed by atoms with Crippen LogP contribution in [0.5, 0.6) is 0 Å². The first-order chi connectivity index (χ1) is 7.60. The third-order valence-corrected chi connectivity index (χ3v) is 4.01. The minimum Gasteiger partial charge on any atom is -0.388 e. The summed E-state index contributed by atoms with van der Waals surface area (Å²) in [5, 5.41) is 8.16. The molecule has 5 heteroatoms. The Morgan fingerprint density at radius 2 is 2.12 bits per heavy atom. The highest BCUT2D eigenvalue weighted by Crippen LogP contribution is 2.51. The molecule has 2 rings (SSSR count). The average molecular weight is 236 g/mol. The summed E-state index contributed by atoms with van der Waals surface area (Å²) in [5.41, 5.74) is 6.78. The van der Waals surface area contributed by atoms with E-state index in [0.717, 1.165) is 16.5 Å². The number of nitrogens with zero attached hydrogens (tertiary/aromatic N) is 2. The van der Waals surface area contributed by atoms with E-state index >= 15 is 0 Å². The summed E-state index contributed by atoms with van der Waals surface area (Å²) >= 11 is 1.67. The van der Waals surface area contributed by atoms with Gasteiger partial charge in [0.25, 0.3) is 0 Å². The van der Waals surface area contributed by atoms with Gasteiger partial charge in [0.15, 0.2) is 5.16 Å². The number of thioether (sulfide) groups is 1. The molecule has 1 aliphatic carbocycles. The number of aryl methyl sites for hydroxylation is 1. The van der Waals surface area contributed by atoms with Gasteiger partial charge in [0, 0.05) is 24.6 Å². The van der Waals surface area contributed by atoms with Crippen molar-refractivity contribution in [1.82, 2.24) is 9.97 Å². The van der Waals surface area contributed by atoms with Crippen LogP contribution < -0.4 is 5.73 Å². The molecule has 0 saturated heterocycles. The van der Waals surface area contributed by atoms with Crippen molar-refractivity contribution in [3.8, 4) is 0 Å². The van der Waals surface area contributed by atoms with Crippen LogP contribution in [0.25, 0.3) is 0 Å². The number of hydrogen-bond donors (Lipinski definition) is 2. The summed E-state index contributed by atoms with van der Waals surface area (Å²) in [5.74, 6) is 1.26. The predicted molar refractivity (Wildman–Crippen MR) is 65.7 cm³/mol. The average Bonchev–Trinajstić information content (AvgIpc) is 2.97. The SMILES string of the molecule is Cc1cnc(SCC2(CC(=N)N)CC2)nc1. The van der Waals surface area contributed by atoms with E-state index < -0.39 is 0 Å². The molecule has 16 heavy (non-hydrogen) atoms. The highest BCUT2D eigenvalue weighted by Gasteiger charge is 2.43. The number of nitrogens with one attached hydrogen (secondary N) is 1. The van der Waals surface area contributed by atoms with Crippen molar-refractivity contribution in [3.05, 3.63) is 18.0 Å². The fourth-order valence-electron chi connectivity index (χ4n) is 1.63. The molecular weight excluding hydrogens is 220 g/mol. The monoisotopic (exact) mass is 236 g/mol. The molecule has 1 fully saturated rings. The van der Waals surface area contributed by atoms with E-state index in [-0.39, 0.29) is 5.41 Å². The Hall–Kier alpha value is -1.10. The number of aromatic nitrogens is 2. The second-order valence-corrected chi connectivity index (χ2v) is 5.48. The lowest BCUT2D eigenvalue weighted by molar-refractivity contribution is 0.611. The van der Waals surface area contributed by atoms with Crippen LogP contribution in [-0.2, 0) is 0 Å². The highest BCUT2D eigenvalue weighted by molar-refractivity contribution is 7.99. The van der Waals surface area contributed by atoms with Crippen LogP contribution in [0.15, 0.2) is 17.6 Å². The molecule has 4 nitrogen and oxygen atoms in total. The standard InChI is InChI=1S/C11H16N4S/c1-8-5-14-10(15-6-8)16-7-11(2-3-11)4-9(12)13/h5-6H,2-4,7H2,1H3,(H3,12,13). The molecule has 0 spiro atoms. The molecule has 0 aromatic carbocycles.